The van der Waals surface area contributed by atoms with Crippen LogP contribution in [0.5, 0.6) is 0 Å². The van der Waals surface area contributed by atoms with E-state index in [1.54, 1.807) is 12.3 Å². The van der Waals surface area contributed by atoms with Crippen LogP contribution in [0, 0.1) is 5.92 Å². The van der Waals surface area contributed by atoms with Gasteiger partial charge in [-0.25, -0.2) is 4.79 Å². The molecular weight excluding hydrogens is 374 g/mol. The van der Waals surface area contributed by atoms with Gasteiger partial charge in [-0.2, -0.15) is 0 Å². The number of pyridine rings is 1. The first-order valence-electron chi connectivity index (χ1n) is 10.9. The Balaban J connectivity index is 1.20. The second-order valence-electron chi connectivity index (χ2n) is 8.49. The van der Waals surface area contributed by atoms with E-state index in [2.05, 4.69) is 58.5 Å². The van der Waals surface area contributed by atoms with Gasteiger partial charge in [-0.15, -0.1) is 0 Å². The van der Waals surface area contributed by atoms with Crippen LogP contribution in [0.3, 0.4) is 0 Å². The van der Waals surface area contributed by atoms with E-state index >= 15 is 0 Å². The lowest BCUT2D eigenvalue weighted by Gasteiger charge is -2.32. The van der Waals surface area contributed by atoms with Gasteiger partial charge in [-0.3, -0.25) is 9.88 Å². The second kappa shape index (κ2) is 9.54. The van der Waals surface area contributed by atoms with Crippen molar-refractivity contribution in [2.75, 3.05) is 20.2 Å². The molecule has 2 heterocycles. The van der Waals surface area contributed by atoms with E-state index in [1.165, 1.54) is 37.5 Å². The van der Waals surface area contributed by atoms with Gasteiger partial charge >= 0.3 is 5.97 Å². The molecule has 4 rings (SSSR count). The Labute approximate surface area is 179 Å². The number of methoxy groups -OCH3 is 1. The minimum Gasteiger partial charge on any atom is -0.465 e. The van der Waals surface area contributed by atoms with Crippen LogP contribution >= 0.6 is 0 Å². The zero-order chi connectivity index (χ0) is 20.9. The molecule has 0 bridgehead atoms. The summed E-state index contributed by atoms with van der Waals surface area (Å²) in [5.41, 5.74) is 4.28. The van der Waals surface area contributed by atoms with Gasteiger partial charge in [0.05, 0.1) is 18.4 Å². The zero-order valence-corrected chi connectivity index (χ0v) is 17.9. The SMILES string of the molecule is COC(=O)c1ccc(CN2CCC(NC3CC3/C(C)=C/c3ccccc3)CC2)nc1. The molecule has 5 nitrogen and oxygen atoms in total. The summed E-state index contributed by atoms with van der Waals surface area (Å²) in [5, 5.41) is 3.89. The van der Waals surface area contributed by atoms with Gasteiger partial charge < -0.3 is 10.1 Å². The Morgan fingerprint density at radius 1 is 1.20 bits per heavy atom. The monoisotopic (exact) mass is 405 g/mol. The normalized spacial score (nSPS) is 22.7. The lowest BCUT2D eigenvalue weighted by molar-refractivity contribution is 0.0600. The number of nitrogens with zero attached hydrogens (tertiary/aromatic N) is 2. The molecule has 2 fully saturated rings. The first kappa shape index (κ1) is 20.8. The molecule has 1 N–H and O–H groups in total. The van der Waals surface area contributed by atoms with E-state index in [0.717, 1.165) is 25.3 Å². The average molecular weight is 406 g/mol. The molecular formula is C25H31N3O2. The molecule has 1 saturated carbocycles. The molecule has 5 heteroatoms. The van der Waals surface area contributed by atoms with Crippen LogP contribution in [0.25, 0.3) is 6.08 Å². The standard InChI is InChI=1S/C25H31N3O2/c1-18(14-19-6-4-3-5-7-19)23-15-24(23)27-21-10-12-28(13-11-21)17-22-9-8-20(16-26-22)25(29)30-2/h3-9,14,16,21,23-24,27H,10-13,15,17H2,1-2H3/b18-14+. The molecule has 2 aliphatic rings. The fourth-order valence-corrected chi connectivity index (χ4v) is 4.35. The summed E-state index contributed by atoms with van der Waals surface area (Å²) in [6.07, 6.45) is 7.53. The quantitative estimate of drug-likeness (QED) is 0.708. The number of hydrogen-bond acceptors (Lipinski definition) is 5. The van der Waals surface area contributed by atoms with Crippen molar-refractivity contribution in [3.05, 3.63) is 71.1 Å². The first-order chi connectivity index (χ1) is 14.6. The van der Waals surface area contributed by atoms with Crippen molar-refractivity contribution in [3.63, 3.8) is 0 Å². The van der Waals surface area contributed by atoms with Crippen LogP contribution < -0.4 is 5.32 Å². The molecule has 30 heavy (non-hydrogen) atoms. The van der Waals surface area contributed by atoms with Gasteiger partial charge in [0.25, 0.3) is 0 Å². The topological polar surface area (TPSA) is 54.5 Å². The van der Waals surface area contributed by atoms with E-state index < -0.39 is 0 Å². The number of carbonyl (C=O) groups is 1. The van der Waals surface area contributed by atoms with Crippen molar-refractivity contribution >= 4 is 12.0 Å². The summed E-state index contributed by atoms with van der Waals surface area (Å²) < 4.78 is 4.73. The molecule has 2 unspecified atom stereocenters. The van der Waals surface area contributed by atoms with Crippen LogP contribution in [0.1, 0.15) is 47.8 Å². The molecule has 1 aromatic carbocycles. The number of rotatable bonds is 7. The molecule has 1 aliphatic carbocycles. The van der Waals surface area contributed by atoms with Crippen LogP contribution in [0.15, 0.2) is 54.2 Å². The Morgan fingerprint density at radius 3 is 2.63 bits per heavy atom. The number of piperidine rings is 1. The lowest BCUT2D eigenvalue weighted by atomic mass is 10.0. The summed E-state index contributed by atoms with van der Waals surface area (Å²) in [6, 6.07) is 15.5. The molecule has 0 spiro atoms. The predicted molar refractivity (Wildman–Crippen MR) is 119 cm³/mol. The van der Waals surface area contributed by atoms with Crippen LogP contribution in [0.4, 0.5) is 0 Å². The van der Waals surface area contributed by atoms with Crippen LogP contribution in [0.2, 0.25) is 0 Å². The van der Waals surface area contributed by atoms with Gasteiger partial charge in [0.15, 0.2) is 0 Å². The maximum absolute atomic E-state index is 11.5. The largest absolute Gasteiger partial charge is 0.465 e. The van der Waals surface area contributed by atoms with Gasteiger partial charge in [-0.05, 0) is 49.8 Å². The van der Waals surface area contributed by atoms with E-state index in [4.69, 9.17) is 4.74 Å². The summed E-state index contributed by atoms with van der Waals surface area (Å²) in [7, 11) is 1.39. The molecule has 158 valence electrons. The summed E-state index contributed by atoms with van der Waals surface area (Å²) in [4.78, 5) is 18.4. The highest BCUT2D eigenvalue weighted by Gasteiger charge is 2.39. The molecule has 2 atom stereocenters. The van der Waals surface area contributed by atoms with Gasteiger partial charge in [0, 0.05) is 37.9 Å². The summed E-state index contributed by atoms with van der Waals surface area (Å²) >= 11 is 0. The maximum atomic E-state index is 11.5. The number of likely N-dealkylation sites (tertiary alicyclic amines) is 1. The van der Waals surface area contributed by atoms with Crippen molar-refractivity contribution < 1.29 is 9.53 Å². The smallest absolute Gasteiger partial charge is 0.339 e. The molecule has 0 amide bonds. The minimum absolute atomic E-state index is 0.340. The van der Waals surface area contributed by atoms with Gasteiger partial charge in [0.1, 0.15) is 0 Å². The van der Waals surface area contributed by atoms with E-state index in [0.29, 0.717) is 23.6 Å². The number of benzene rings is 1. The Bertz CT molecular complexity index is 871. The van der Waals surface area contributed by atoms with Crippen molar-refractivity contribution in [1.82, 2.24) is 15.2 Å². The van der Waals surface area contributed by atoms with E-state index in [-0.39, 0.29) is 5.97 Å². The third kappa shape index (κ3) is 5.35. The number of esters is 1. The molecule has 1 aliphatic heterocycles. The summed E-state index contributed by atoms with van der Waals surface area (Å²) in [5.74, 6) is 0.342. The average Bonchev–Trinajstić information content (AvgIpc) is 3.55. The Kier molecular flexibility index (Phi) is 6.60. The number of aromatic nitrogens is 1. The first-order valence-corrected chi connectivity index (χ1v) is 10.9. The fourth-order valence-electron chi connectivity index (χ4n) is 4.35. The lowest BCUT2D eigenvalue weighted by Crippen LogP contribution is -2.43. The number of hydrogen-bond donors (Lipinski definition) is 1. The number of carbonyl (C=O) groups excluding carboxylic acids is 1. The third-order valence-electron chi connectivity index (χ3n) is 6.24. The van der Waals surface area contributed by atoms with E-state index in [1.807, 2.05) is 6.07 Å². The van der Waals surface area contributed by atoms with Crippen molar-refractivity contribution in [2.45, 2.75) is 44.8 Å². The minimum atomic E-state index is -0.340. The maximum Gasteiger partial charge on any atom is 0.339 e. The predicted octanol–water partition coefficient (Wildman–Crippen LogP) is 3.91. The van der Waals surface area contributed by atoms with Gasteiger partial charge in [-0.1, -0.05) is 42.0 Å². The van der Waals surface area contributed by atoms with Crippen molar-refractivity contribution in [3.8, 4) is 0 Å². The highest BCUT2D eigenvalue weighted by atomic mass is 16.5. The zero-order valence-electron chi connectivity index (χ0n) is 17.9. The molecule has 2 aromatic rings. The van der Waals surface area contributed by atoms with Crippen LogP contribution in [-0.4, -0.2) is 48.1 Å². The number of nitrogens with one attached hydrogen (secondary N) is 1. The molecule has 0 radical (unpaired) electrons. The van der Waals surface area contributed by atoms with Crippen LogP contribution in [-0.2, 0) is 11.3 Å². The molecule has 1 saturated heterocycles. The highest BCUT2D eigenvalue weighted by molar-refractivity contribution is 5.88. The fraction of sp³-hybridized carbons (Fsp3) is 0.440. The second-order valence-corrected chi connectivity index (χ2v) is 8.49. The number of ether oxygens (including phenoxy) is 1. The third-order valence-corrected chi connectivity index (χ3v) is 6.24. The molecule has 1 aromatic heterocycles. The Hall–Kier alpha value is -2.50. The van der Waals surface area contributed by atoms with Gasteiger partial charge in [0.2, 0.25) is 0 Å². The Morgan fingerprint density at radius 2 is 1.97 bits per heavy atom. The van der Waals surface area contributed by atoms with Crippen molar-refractivity contribution in [2.24, 2.45) is 5.92 Å². The highest BCUT2D eigenvalue weighted by Crippen LogP contribution is 2.38. The van der Waals surface area contributed by atoms with Crippen molar-refractivity contribution in [1.29, 1.82) is 0 Å². The summed E-state index contributed by atoms with van der Waals surface area (Å²) in [6.45, 7) is 5.25. The van der Waals surface area contributed by atoms with E-state index in [9.17, 15) is 4.79 Å².